The summed E-state index contributed by atoms with van der Waals surface area (Å²) in [6, 6.07) is 12.6. The molecule has 3 heteroatoms. The van der Waals surface area contributed by atoms with Crippen LogP contribution in [0.15, 0.2) is 64.5 Å². The molecule has 2 heterocycles. The second-order valence-corrected chi connectivity index (χ2v) is 4.09. The zero-order valence-electron chi connectivity index (χ0n) is 10.2. The fourth-order valence-corrected chi connectivity index (χ4v) is 2.06. The second-order valence-electron chi connectivity index (χ2n) is 4.09. The summed E-state index contributed by atoms with van der Waals surface area (Å²) >= 11 is 0. The van der Waals surface area contributed by atoms with Crippen LogP contribution < -0.4 is 5.43 Å². The van der Waals surface area contributed by atoms with Crippen molar-refractivity contribution < 1.29 is 4.42 Å². The van der Waals surface area contributed by atoms with Crippen molar-refractivity contribution in [3.05, 3.63) is 71.2 Å². The van der Waals surface area contributed by atoms with Crippen LogP contribution in [0.5, 0.6) is 0 Å². The summed E-state index contributed by atoms with van der Waals surface area (Å²) in [5.41, 5.74) is 1.52. The van der Waals surface area contributed by atoms with Crippen LogP contribution in [-0.2, 0) is 0 Å². The van der Waals surface area contributed by atoms with Crippen molar-refractivity contribution in [1.82, 2.24) is 4.98 Å². The molecule has 3 rings (SSSR count). The first kappa shape index (κ1) is 11.4. The maximum atomic E-state index is 12.6. The third-order valence-corrected chi connectivity index (χ3v) is 2.93. The van der Waals surface area contributed by atoms with Gasteiger partial charge in [-0.3, -0.25) is 9.78 Å². The van der Waals surface area contributed by atoms with E-state index in [1.165, 1.54) is 6.08 Å². The van der Waals surface area contributed by atoms with E-state index in [9.17, 15) is 4.79 Å². The highest BCUT2D eigenvalue weighted by Gasteiger charge is 2.14. The normalized spacial score (nSPS) is 10.5. The van der Waals surface area contributed by atoms with E-state index >= 15 is 0 Å². The molecule has 3 aromatic rings. The molecule has 0 radical (unpaired) electrons. The number of aromatic nitrogens is 1. The summed E-state index contributed by atoms with van der Waals surface area (Å²) in [7, 11) is 0. The topological polar surface area (TPSA) is 43.1 Å². The molecule has 1 aromatic carbocycles. The van der Waals surface area contributed by atoms with Crippen molar-refractivity contribution in [2.24, 2.45) is 0 Å². The van der Waals surface area contributed by atoms with Crippen LogP contribution in [0.2, 0.25) is 0 Å². The van der Waals surface area contributed by atoms with Gasteiger partial charge in [0.05, 0.1) is 16.6 Å². The molecular weight excluding hydrogens is 238 g/mol. The van der Waals surface area contributed by atoms with Crippen molar-refractivity contribution in [2.75, 3.05) is 0 Å². The number of hydrogen-bond donors (Lipinski definition) is 0. The Morgan fingerprint density at radius 2 is 1.89 bits per heavy atom. The lowest BCUT2D eigenvalue weighted by Crippen LogP contribution is -2.08. The molecular formula is C16H11NO2. The molecule has 0 spiro atoms. The number of para-hydroxylation sites is 1. The van der Waals surface area contributed by atoms with Crippen LogP contribution in [-0.4, -0.2) is 4.98 Å². The predicted octanol–water partition coefficient (Wildman–Crippen LogP) is 3.50. The zero-order chi connectivity index (χ0) is 13.2. The van der Waals surface area contributed by atoms with Gasteiger partial charge in [-0.05, 0) is 30.3 Å². The molecule has 0 N–H and O–H groups in total. The minimum Gasteiger partial charge on any atom is -0.456 e. The smallest absolute Gasteiger partial charge is 0.202 e. The van der Waals surface area contributed by atoms with Gasteiger partial charge in [0.25, 0.3) is 0 Å². The van der Waals surface area contributed by atoms with Crippen LogP contribution in [0.25, 0.3) is 28.3 Å². The molecule has 0 fully saturated rings. The minimum absolute atomic E-state index is 0.0875. The SMILES string of the molecule is C=Cc1oc2ccccc2c(=O)c1-c1ccccn1. The average Bonchev–Trinajstić information content (AvgIpc) is 2.48. The van der Waals surface area contributed by atoms with E-state index in [0.29, 0.717) is 28.0 Å². The molecule has 0 amide bonds. The third kappa shape index (κ3) is 1.85. The monoisotopic (exact) mass is 249 g/mol. The Morgan fingerprint density at radius 3 is 2.63 bits per heavy atom. The molecule has 3 nitrogen and oxygen atoms in total. The summed E-state index contributed by atoms with van der Waals surface area (Å²) in [5.74, 6) is 0.447. The molecule has 0 aliphatic carbocycles. The number of fused-ring (bicyclic) bond motifs is 1. The first-order valence-electron chi connectivity index (χ1n) is 5.91. The molecule has 0 atom stereocenters. The highest BCUT2D eigenvalue weighted by molar-refractivity contribution is 5.84. The van der Waals surface area contributed by atoms with Crippen molar-refractivity contribution >= 4 is 17.0 Å². The van der Waals surface area contributed by atoms with E-state index in [2.05, 4.69) is 11.6 Å². The maximum Gasteiger partial charge on any atom is 0.202 e. The zero-order valence-corrected chi connectivity index (χ0v) is 10.2. The van der Waals surface area contributed by atoms with Gasteiger partial charge < -0.3 is 4.42 Å². The summed E-state index contributed by atoms with van der Waals surface area (Å²) in [6.07, 6.45) is 3.19. The first-order chi connectivity index (χ1) is 9.31. The van der Waals surface area contributed by atoms with E-state index in [-0.39, 0.29) is 5.43 Å². The number of rotatable bonds is 2. The Balaban J connectivity index is 2.44. The van der Waals surface area contributed by atoms with Crippen molar-refractivity contribution in [1.29, 1.82) is 0 Å². The highest BCUT2D eigenvalue weighted by atomic mass is 16.3. The van der Waals surface area contributed by atoms with Gasteiger partial charge in [-0.15, -0.1) is 0 Å². The number of nitrogens with zero attached hydrogens (tertiary/aromatic N) is 1. The molecule has 0 aliphatic rings. The van der Waals surface area contributed by atoms with Crippen LogP contribution in [0, 0.1) is 0 Å². The average molecular weight is 249 g/mol. The van der Waals surface area contributed by atoms with Crippen LogP contribution in [0.3, 0.4) is 0 Å². The number of benzene rings is 1. The molecule has 0 unspecified atom stereocenters. The van der Waals surface area contributed by atoms with Crippen LogP contribution in [0.4, 0.5) is 0 Å². The third-order valence-electron chi connectivity index (χ3n) is 2.93. The van der Waals surface area contributed by atoms with Gasteiger partial charge in [-0.25, -0.2) is 0 Å². The Labute approximate surface area is 109 Å². The molecule has 0 saturated carbocycles. The standard InChI is InChI=1S/C16H11NO2/c1-2-13-15(12-8-5-6-10-17-12)16(18)11-7-3-4-9-14(11)19-13/h2-10H,1H2. The molecule has 2 aromatic heterocycles. The molecule has 19 heavy (non-hydrogen) atoms. The number of hydrogen-bond acceptors (Lipinski definition) is 3. The van der Waals surface area contributed by atoms with Gasteiger partial charge in [0.15, 0.2) is 0 Å². The quantitative estimate of drug-likeness (QED) is 0.698. The number of pyridine rings is 1. The van der Waals surface area contributed by atoms with Gasteiger partial charge in [0.1, 0.15) is 11.3 Å². The van der Waals surface area contributed by atoms with E-state index in [1.807, 2.05) is 18.2 Å². The van der Waals surface area contributed by atoms with Crippen LogP contribution in [0.1, 0.15) is 5.76 Å². The first-order valence-corrected chi connectivity index (χ1v) is 5.91. The van der Waals surface area contributed by atoms with Gasteiger partial charge in [-0.1, -0.05) is 24.8 Å². The van der Waals surface area contributed by atoms with E-state index in [4.69, 9.17) is 4.42 Å². The van der Waals surface area contributed by atoms with Crippen molar-refractivity contribution in [3.63, 3.8) is 0 Å². The lowest BCUT2D eigenvalue weighted by molar-refractivity contribution is 0.593. The lowest BCUT2D eigenvalue weighted by Gasteiger charge is -2.06. The largest absolute Gasteiger partial charge is 0.456 e. The van der Waals surface area contributed by atoms with E-state index in [1.54, 1.807) is 30.5 Å². The fraction of sp³-hybridized carbons (Fsp3) is 0. The maximum absolute atomic E-state index is 12.6. The summed E-state index contributed by atoms with van der Waals surface area (Å²) in [4.78, 5) is 16.8. The molecule has 0 saturated heterocycles. The fourth-order valence-electron chi connectivity index (χ4n) is 2.06. The summed E-state index contributed by atoms with van der Waals surface area (Å²) in [6.45, 7) is 3.70. The predicted molar refractivity (Wildman–Crippen MR) is 75.8 cm³/mol. The van der Waals surface area contributed by atoms with Gasteiger partial charge in [0.2, 0.25) is 5.43 Å². The second kappa shape index (κ2) is 4.53. The lowest BCUT2D eigenvalue weighted by atomic mass is 10.1. The van der Waals surface area contributed by atoms with Gasteiger partial charge in [0, 0.05) is 6.20 Å². The Bertz CT molecular complexity index is 804. The van der Waals surface area contributed by atoms with E-state index in [0.717, 1.165) is 0 Å². The van der Waals surface area contributed by atoms with Gasteiger partial charge in [-0.2, -0.15) is 0 Å². The minimum atomic E-state index is -0.0875. The summed E-state index contributed by atoms with van der Waals surface area (Å²) < 4.78 is 5.72. The molecule has 0 bridgehead atoms. The van der Waals surface area contributed by atoms with Gasteiger partial charge >= 0.3 is 0 Å². The Kier molecular flexibility index (Phi) is 2.72. The highest BCUT2D eigenvalue weighted by Crippen LogP contribution is 2.23. The molecule has 0 aliphatic heterocycles. The molecule has 92 valence electrons. The van der Waals surface area contributed by atoms with E-state index < -0.39 is 0 Å². The Hall–Kier alpha value is -2.68. The van der Waals surface area contributed by atoms with Crippen molar-refractivity contribution in [2.45, 2.75) is 0 Å². The van der Waals surface area contributed by atoms with Crippen LogP contribution >= 0.6 is 0 Å². The Morgan fingerprint density at radius 1 is 1.11 bits per heavy atom. The summed E-state index contributed by atoms with van der Waals surface area (Å²) in [5, 5.41) is 0.550. The van der Waals surface area contributed by atoms with Crippen molar-refractivity contribution in [3.8, 4) is 11.3 Å².